The Bertz CT molecular complexity index is 1040. The molecule has 1 unspecified atom stereocenters. The number of H-pyrrole nitrogens is 1. The third-order valence-electron chi connectivity index (χ3n) is 5.57. The van der Waals surface area contributed by atoms with Crippen molar-refractivity contribution in [1.29, 1.82) is 0 Å². The van der Waals surface area contributed by atoms with Crippen molar-refractivity contribution in [3.05, 3.63) is 73.8 Å². The van der Waals surface area contributed by atoms with E-state index in [2.05, 4.69) is 33.5 Å². The van der Waals surface area contributed by atoms with Gasteiger partial charge in [0, 0.05) is 42.7 Å². The van der Waals surface area contributed by atoms with Crippen molar-refractivity contribution in [3.8, 4) is 11.4 Å². The second-order valence-corrected chi connectivity index (χ2v) is 8.51. The molecule has 3 aromatic rings. The standard InChI is InChI=1S/C22H23N3O2S/c26-21-12-18(19-6-3-10-27-19)23-22(24-21)17-5-2-1-4-15(17)13-25-9-7-20-16(14-25)8-11-28-20/h1-2,4-5,8,11-12,19H,3,6-7,9-10,13-14H2,(H,23,24,26). The van der Waals surface area contributed by atoms with E-state index in [-0.39, 0.29) is 11.7 Å². The van der Waals surface area contributed by atoms with E-state index in [1.165, 1.54) is 16.0 Å². The molecule has 1 saturated heterocycles. The van der Waals surface area contributed by atoms with Crippen LogP contribution in [-0.2, 0) is 24.2 Å². The van der Waals surface area contributed by atoms with Gasteiger partial charge >= 0.3 is 0 Å². The molecule has 0 saturated carbocycles. The lowest BCUT2D eigenvalue weighted by molar-refractivity contribution is 0.108. The van der Waals surface area contributed by atoms with Crippen LogP contribution in [0.1, 0.15) is 40.6 Å². The summed E-state index contributed by atoms with van der Waals surface area (Å²) in [6.45, 7) is 3.62. The number of aromatic nitrogens is 2. The van der Waals surface area contributed by atoms with E-state index in [0.717, 1.165) is 56.8 Å². The van der Waals surface area contributed by atoms with Crippen LogP contribution in [0.5, 0.6) is 0 Å². The first-order valence-corrected chi connectivity index (χ1v) is 10.7. The molecule has 2 aliphatic rings. The maximum atomic E-state index is 12.3. The smallest absolute Gasteiger partial charge is 0.251 e. The summed E-state index contributed by atoms with van der Waals surface area (Å²) in [7, 11) is 0. The Morgan fingerprint density at radius 2 is 2.21 bits per heavy atom. The lowest BCUT2D eigenvalue weighted by Gasteiger charge is -2.27. The monoisotopic (exact) mass is 393 g/mol. The fourth-order valence-corrected chi connectivity index (χ4v) is 5.04. The number of nitrogens with one attached hydrogen (secondary N) is 1. The lowest BCUT2D eigenvalue weighted by Crippen LogP contribution is -2.29. The normalized spacial score (nSPS) is 19.6. The Morgan fingerprint density at radius 1 is 1.29 bits per heavy atom. The number of fused-ring (bicyclic) bond motifs is 1. The third-order valence-corrected chi connectivity index (χ3v) is 6.60. The molecule has 5 nitrogen and oxygen atoms in total. The van der Waals surface area contributed by atoms with Gasteiger partial charge in [-0.3, -0.25) is 9.69 Å². The molecular weight excluding hydrogens is 370 g/mol. The fourth-order valence-electron chi connectivity index (χ4n) is 4.15. The van der Waals surface area contributed by atoms with Crippen molar-refractivity contribution >= 4 is 11.3 Å². The van der Waals surface area contributed by atoms with Gasteiger partial charge < -0.3 is 9.72 Å². The quantitative estimate of drug-likeness (QED) is 0.730. The van der Waals surface area contributed by atoms with Crippen LogP contribution in [0.25, 0.3) is 11.4 Å². The zero-order valence-electron chi connectivity index (χ0n) is 15.7. The van der Waals surface area contributed by atoms with Crippen LogP contribution >= 0.6 is 11.3 Å². The van der Waals surface area contributed by atoms with E-state index >= 15 is 0 Å². The summed E-state index contributed by atoms with van der Waals surface area (Å²) in [5.74, 6) is 0.641. The van der Waals surface area contributed by atoms with Gasteiger partial charge in [0.05, 0.1) is 11.8 Å². The number of ether oxygens (including phenoxy) is 1. The highest BCUT2D eigenvalue weighted by atomic mass is 32.1. The molecule has 0 amide bonds. The topological polar surface area (TPSA) is 58.2 Å². The molecule has 2 aromatic heterocycles. The molecule has 4 heterocycles. The Hall–Kier alpha value is -2.28. The van der Waals surface area contributed by atoms with Crippen LogP contribution in [0.4, 0.5) is 0 Å². The Kier molecular flexibility index (Phi) is 4.84. The predicted molar refractivity (Wildman–Crippen MR) is 110 cm³/mol. The number of thiophene rings is 1. The van der Waals surface area contributed by atoms with E-state index in [1.807, 2.05) is 23.5 Å². The maximum Gasteiger partial charge on any atom is 0.251 e. The van der Waals surface area contributed by atoms with Crippen molar-refractivity contribution in [2.24, 2.45) is 0 Å². The van der Waals surface area contributed by atoms with Gasteiger partial charge in [0.25, 0.3) is 5.56 Å². The summed E-state index contributed by atoms with van der Waals surface area (Å²) in [6.07, 6.45) is 2.99. The van der Waals surface area contributed by atoms with Crippen LogP contribution in [0.15, 0.2) is 46.6 Å². The summed E-state index contributed by atoms with van der Waals surface area (Å²) in [4.78, 5) is 24.0. The molecule has 144 valence electrons. The van der Waals surface area contributed by atoms with Crippen molar-refractivity contribution in [1.82, 2.24) is 14.9 Å². The first-order chi connectivity index (χ1) is 13.8. The SMILES string of the molecule is O=c1cc(C2CCCO2)nc(-c2ccccc2CN2CCc3sccc3C2)[nH]1. The average Bonchev–Trinajstić information content (AvgIpc) is 3.39. The summed E-state index contributed by atoms with van der Waals surface area (Å²) < 4.78 is 5.74. The highest BCUT2D eigenvalue weighted by Gasteiger charge is 2.22. The Balaban J connectivity index is 1.45. The van der Waals surface area contributed by atoms with Crippen LogP contribution < -0.4 is 5.56 Å². The molecule has 1 N–H and O–H groups in total. The molecular formula is C22H23N3O2S. The number of hydrogen-bond acceptors (Lipinski definition) is 5. The van der Waals surface area contributed by atoms with Crippen molar-refractivity contribution < 1.29 is 4.74 Å². The lowest BCUT2D eigenvalue weighted by atomic mass is 10.0. The number of rotatable bonds is 4. The second-order valence-electron chi connectivity index (χ2n) is 7.51. The van der Waals surface area contributed by atoms with Crippen LogP contribution in [-0.4, -0.2) is 28.0 Å². The number of nitrogens with zero attached hydrogens (tertiary/aromatic N) is 2. The van der Waals surface area contributed by atoms with Crippen molar-refractivity contribution in [2.75, 3.05) is 13.2 Å². The zero-order chi connectivity index (χ0) is 18.9. The van der Waals surface area contributed by atoms with E-state index < -0.39 is 0 Å². The molecule has 1 atom stereocenters. The van der Waals surface area contributed by atoms with Gasteiger partial charge in [0.2, 0.25) is 0 Å². The van der Waals surface area contributed by atoms with Gasteiger partial charge in [-0.2, -0.15) is 0 Å². The predicted octanol–water partition coefficient (Wildman–Crippen LogP) is 3.91. The molecule has 0 aliphatic carbocycles. The van der Waals surface area contributed by atoms with E-state index in [0.29, 0.717) is 5.82 Å². The zero-order valence-corrected chi connectivity index (χ0v) is 16.5. The molecule has 0 bridgehead atoms. The molecule has 1 aromatic carbocycles. The Morgan fingerprint density at radius 3 is 3.11 bits per heavy atom. The van der Waals surface area contributed by atoms with Gasteiger partial charge in [0.1, 0.15) is 5.82 Å². The highest BCUT2D eigenvalue weighted by molar-refractivity contribution is 7.10. The van der Waals surface area contributed by atoms with Gasteiger partial charge in [-0.15, -0.1) is 11.3 Å². The third kappa shape index (κ3) is 3.55. The molecule has 5 rings (SSSR count). The van der Waals surface area contributed by atoms with Gasteiger partial charge in [-0.05, 0) is 41.8 Å². The first-order valence-electron chi connectivity index (χ1n) is 9.85. The van der Waals surface area contributed by atoms with Gasteiger partial charge in [-0.25, -0.2) is 4.98 Å². The molecule has 1 fully saturated rings. The van der Waals surface area contributed by atoms with E-state index in [1.54, 1.807) is 6.07 Å². The largest absolute Gasteiger partial charge is 0.372 e. The summed E-state index contributed by atoms with van der Waals surface area (Å²) >= 11 is 1.86. The highest BCUT2D eigenvalue weighted by Crippen LogP contribution is 2.30. The maximum absolute atomic E-state index is 12.3. The minimum absolute atomic E-state index is 0.0627. The second kappa shape index (κ2) is 7.62. The fraction of sp³-hybridized carbons (Fsp3) is 0.364. The summed E-state index contributed by atoms with van der Waals surface area (Å²) in [5.41, 5.74) is 4.25. The van der Waals surface area contributed by atoms with Crippen molar-refractivity contribution in [3.63, 3.8) is 0 Å². The average molecular weight is 394 g/mol. The van der Waals surface area contributed by atoms with Gasteiger partial charge in [0.15, 0.2) is 0 Å². The molecule has 2 aliphatic heterocycles. The molecule has 0 radical (unpaired) electrons. The molecule has 0 spiro atoms. The first kappa shape index (κ1) is 17.8. The van der Waals surface area contributed by atoms with Crippen LogP contribution in [0.3, 0.4) is 0 Å². The van der Waals surface area contributed by atoms with Gasteiger partial charge in [-0.1, -0.05) is 24.3 Å². The number of aromatic amines is 1. The Labute approximate surface area is 168 Å². The van der Waals surface area contributed by atoms with Crippen molar-refractivity contribution in [2.45, 2.75) is 38.5 Å². The minimum Gasteiger partial charge on any atom is -0.372 e. The number of benzene rings is 1. The molecule has 28 heavy (non-hydrogen) atoms. The summed E-state index contributed by atoms with van der Waals surface area (Å²) in [6, 6.07) is 12.1. The number of hydrogen-bond donors (Lipinski definition) is 1. The minimum atomic E-state index is -0.119. The molecule has 6 heteroatoms. The van der Waals surface area contributed by atoms with E-state index in [9.17, 15) is 4.79 Å². The summed E-state index contributed by atoms with van der Waals surface area (Å²) in [5, 5.41) is 2.19. The van der Waals surface area contributed by atoms with E-state index in [4.69, 9.17) is 9.72 Å². The van der Waals surface area contributed by atoms with Crippen LogP contribution in [0.2, 0.25) is 0 Å². The van der Waals surface area contributed by atoms with Crippen LogP contribution in [0, 0.1) is 0 Å².